The normalized spacial score (nSPS) is 21.8. The number of piperidine rings is 1. The summed E-state index contributed by atoms with van der Waals surface area (Å²) >= 11 is 3.61. The minimum Gasteiger partial charge on any atom is -0.453 e. The van der Waals surface area contributed by atoms with Crippen molar-refractivity contribution in [3.63, 3.8) is 0 Å². The second-order valence-corrected chi connectivity index (χ2v) is 11.4. The van der Waals surface area contributed by atoms with Gasteiger partial charge in [0.2, 0.25) is 0 Å². The van der Waals surface area contributed by atoms with Crippen LogP contribution in [-0.2, 0) is 9.47 Å². The summed E-state index contributed by atoms with van der Waals surface area (Å²) in [5, 5.41) is 2.66. The van der Waals surface area contributed by atoms with E-state index in [-0.39, 0.29) is 18.1 Å². The molecule has 8 nitrogen and oxygen atoms in total. The number of methoxy groups -OCH3 is 1. The Labute approximate surface area is 226 Å². The van der Waals surface area contributed by atoms with Gasteiger partial charge in [-0.2, -0.15) is 0 Å². The third-order valence-electron chi connectivity index (χ3n) is 6.74. The Morgan fingerprint density at radius 2 is 2.05 bits per heavy atom. The molecule has 3 atom stereocenters. The number of benzene rings is 1. The van der Waals surface area contributed by atoms with Gasteiger partial charge in [-0.15, -0.1) is 0 Å². The number of aromatic nitrogens is 2. The molecule has 2 heterocycles. The predicted molar refractivity (Wildman–Crippen MR) is 147 cm³/mol. The van der Waals surface area contributed by atoms with Crippen molar-refractivity contribution in [2.24, 2.45) is 11.8 Å². The molecule has 0 saturated carbocycles. The van der Waals surface area contributed by atoms with Gasteiger partial charge in [-0.1, -0.05) is 46.7 Å². The van der Waals surface area contributed by atoms with Gasteiger partial charge in [0.25, 0.3) is 0 Å². The van der Waals surface area contributed by atoms with Gasteiger partial charge in [-0.25, -0.2) is 14.6 Å². The molecular formula is C28H35BrN4O4. The molecular weight excluding hydrogens is 536 g/mol. The van der Waals surface area contributed by atoms with Crippen LogP contribution in [0.4, 0.5) is 15.3 Å². The summed E-state index contributed by atoms with van der Waals surface area (Å²) < 4.78 is 11.3. The molecule has 1 aliphatic heterocycles. The Bertz CT molecular complexity index is 1210. The molecule has 9 heteroatoms. The van der Waals surface area contributed by atoms with Crippen molar-refractivity contribution >= 4 is 33.8 Å². The maximum Gasteiger partial charge on any atom is 0.411 e. The molecule has 2 amide bonds. The van der Waals surface area contributed by atoms with E-state index in [1.165, 1.54) is 12.7 Å². The first-order chi connectivity index (χ1) is 17.6. The second-order valence-electron chi connectivity index (χ2n) is 10.6. The number of amides is 2. The van der Waals surface area contributed by atoms with Crippen molar-refractivity contribution in [3.05, 3.63) is 58.5 Å². The molecule has 1 aromatic heterocycles. The van der Waals surface area contributed by atoms with Crippen molar-refractivity contribution in [3.8, 4) is 11.3 Å². The highest BCUT2D eigenvalue weighted by molar-refractivity contribution is 9.10. The zero-order valence-electron chi connectivity index (χ0n) is 22.0. The molecule has 2 aliphatic rings. The highest BCUT2D eigenvalue weighted by atomic mass is 79.9. The lowest BCUT2D eigenvalue weighted by molar-refractivity contribution is 0.000701. The van der Waals surface area contributed by atoms with Crippen molar-refractivity contribution in [2.75, 3.05) is 19.0 Å². The highest BCUT2D eigenvalue weighted by Gasteiger charge is 2.41. The van der Waals surface area contributed by atoms with E-state index in [9.17, 15) is 9.59 Å². The van der Waals surface area contributed by atoms with Crippen LogP contribution in [0.1, 0.15) is 58.8 Å². The number of imidazole rings is 1. The number of carbonyl (C=O) groups excluding carboxylic acids is 2. The Morgan fingerprint density at radius 3 is 2.73 bits per heavy atom. The van der Waals surface area contributed by atoms with Gasteiger partial charge in [-0.3, -0.25) is 10.2 Å². The highest BCUT2D eigenvalue weighted by Crippen LogP contribution is 2.44. The van der Waals surface area contributed by atoms with Gasteiger partial charge in [0.1, 0.15) is 11.4 Å². The maximum atomic E-state index is 13.4. The van der Waals surface area contributed by atoms with Crippen LogP contribution in [0.2, 0.25) is 0 Å². The average Bonchev–Trinajstić information content (AvgIpc) is 3.32. The molecule has 2 aromatic rings. The van der Waals surface area contributed by atoms with Crippen LogP contribution in [0.15, 0.2) is 52.7 Å². The summed E-state index contributed by atoms with van der Waals surface area (Å²) in [6.07, 6.45) is 10.3. The number of nitrogens with zero attached hydrogens (tertiary/aromatic N) is 2. The fourth-order valence-electron chi connectivity index (χ4n) is 5.06. The van der Waals surface area contributed by atoms with E-state index in [4.69, 9.17) is 9.72 Å². The average molecular weight is 572 g/mol. The van der Waals surface area contributed by atoms with E-state index in [1.54, 1.807) is 12.3 Å². The van der Waals surface area contributed by atoms with Gasteiger partial charge >= 0.3 is 12.2 Å². The fourth-order valence-corrected chi connectivity index (χ4v) is 5.66. The van der Waals surface area contributed by atoms with Crippen LogP contribution in [-0.4, -0.2) is 46.3 Å². The maximum absolute atomic E-state index is 13.4. The summed E-state index contributed by atoms with van der Waals surface area (Å²) in [4.78, 5) is 35.0. The van der Waals surface area contributed by atoms with Crippen molar-refractivity contribution in [1.29, 1.82) is 0 Å². The van der Waals surface area contributed by atoms with Gasteiger partial charge in [-0.05, 0) is 64.2 Å². The monoisotopic (exact) mass is 570 g/mol. The lowest BCUT2D eigenvalue weighted by atomic mass is 9.75. The first-order valence-corrected chi connectivity index (χ1v) is 13.4. The number of aromatic amines is 1. The zero-order valence-corrected chi connectivity index (χ0v) is 23.6. The van der Waals surface area contributed by atoms with E-state index < -0.39 is 11.7 Å². The first kappa shape index (κ1) is 27.0. The second kappa shape index (κ2) is 11.1. The Kier molecular flexibility index (Phi) is 8.11. The Hall–Kier alpha value is -3.07. The summed E-state index contributed by atoms with van der Waals surface area (Å²) in [7, 11) is 1.32. The molecule has 1 fully saturated rings. The van der Waals surface area contributed by atoms with E-state index in [0.717, 1.165) is 40.8 Å². The molecule has 1 aliphatic carbocycles. The van der Waals surface area contributed by atoms with Crippen molar-refractivity contribution < 1.29 is 19.1 Å². The predicted octanol–water partition coefficient (Wildman–Crippen LogP) is 7.23. The SMILES string of the molecule is COC(=O)Nc1ccc(-c2cnc([C@@H]3[C@H](C4=CC=CCC4C)CCCN3C(=O)OC(C)(C)C)[nH]2)c(Br)c1. The lowest BCUT2D eigenvalue weighted by Gasteiger charge is -2.43. The third kappa shape index (κ3) is 6.26. The number of halogens is 1. The quantitative estimate of drug-likeness (QED) is 0.404. The first-order valence-electron chi connectivity index (χ1n) is 12.6. The van der Waals surface area contributed by atoms with Crippen LogP contribution >= 0.6 is 15.9 Å². The zero-order chi connectivity index (χ0) is 26.7. The summed E-state index contributed by atoms with van der Waals surface area (Å²) in [5.41, 5.74) is 3.06. The van der Waals surface area contributed by atoms with Crippen LogP contribution < -0.4 is 5.32 Å². The molecule has 0 bridgehead atoms. The molecule has 0 radical (unpaired) electrons. The standard InChI is InChI=1S/C28H35BrN4O4/c1-17-9-6-7-10-19(17)20-11-8-14-33(27(35)37-28(2,3)4)24(20)25-30-16-23(32-25)21-13-12-18(15-22(21)29)31-26(34)36-5/h6-7,10,12-13,15-17,20,24H,8-9,11,14H2,1-5H3,(H,30,32)(H,31,34)/t17?,20-,24-/m0/s1. The molecule has 37 heavy (non-hydrogen) atoms. The molecule has 1 unspecified atom stereocenters. The van der Waals surface area contributed by atoms with Crippen LogP contribution in [0.25, 0.3) is 11.3 Å². The lowest BCUT2D eigenvalue weighted by Crippen LogP contribution is -2.46. The molecule has 4 rings (SSSR count). The van der Waals surface area contributed by atoms with Gasteiger partial charge in [0.05, 0.1) is 25.0 Å². The number of anilines is 1. The van der Waals surface area contributed by atoms with Crippen LogP contribution in [0, 0.1) is 11.8 Å². The summed E-state index contributed by atoms with van der Waals surface area (Å²) in [6, 6.07) is 5.24. The minimum absolute atomic E-state index is 0.135. The number of hydrogen-bond acceptors (Lipinski definition) is 5. The topological polar surface area (TPSA) is 96.6 Å². The fraction of sp³-hybridized carbons (Fsp3) is 0.464. The number of H-pyrrole nitrogens is 1. The van der Waals surface area contributed by atoms with E-state index in [0.29, 0.717) is 18.2 Å². The molecule has 1 aromatic carbocycles. The van der Waals surface area contributed by atoms with Crippen molar-refractivity contribution in [2.45, 2.75) is 58.6 Å². The smallest absolute Gasteiger partial charge is 0.411 e. The van der Waals surface area contributed by atoms with E-state index >= 15 is 0 Å². The molecule has 2 N–H and O–H groups in total. The Balaban J connectivity index is 1.69. The number of nitrogens with one attached hydrogen (secondary N) is 2. The van der Waals surface area contributed by atoms with Crippen LogP contribution in [0.5, 0.6) is 0 Å². The molecule has 0 spiro atoms. The molecule has 1 saturated heterocycles. The van der Waals surface area contributed by atoms with Gasteiger partial charge in [0, 0.05) is 28.2 Å². The number of rotatable bonds is 4. The number of hydrogen-bond donors (Lipinski definition) is 2. The number of ether oxygens (including phenoxy) is 2. The minimum atomic E-state index is -0.589. The number of allylic oxidation sites excluding steroid dienone is 3. The van der Waals surface area contributed by atoms with Gasteiger partial charge < -0.3 is 14.5 Å². The number of carbonyl (C=O) groups is 2. The van der Waals surface area contributed by atoms with Crippen LogP contribution in [0.3, 0.4) is 0 Å². The van der Waals surface area contributed by atoms with E-state index in [2.05, 4.69) is 56.1 Å². The largest absolute Gasteiger partial charge is 0.453 e. The summed E-state index contributed by atoms with van der Waals surface area (Å²) in [5.74, 6) is 1.27. The molecule has 198 valence electrons. The Morgan fingerprint density at radius 1 is 1.27 bits per heavy atom. The third-order valence-corrected chi connectivity index (χ3v) is 7.39. The van der Waals surface area contributed by atoms with Crippen molar-refractivity contribution in [1.82, 2.24) is 14.9 Å². The van der Waals surface area contributed by atoms with Gasteiger partial charge in [0.15, 0.2) is 0 Å². The number of likely N-dealkylation sites (tertiary alicyclic amines) is 1. The van der Waals surface area contributed by atoms with E-state index in [1.807, 2.05) is 37.8 Å². The summed E-state index contributed by atoms with van der Waals surface area (Å²) in [6.45, 7) is 8.52.